The van der Waals surface area contributed by atoms with Crippen molar-refractivity contribution in [3.05, 3.63) is 41.5 Å². The van der Waals surface area contributed by atoms with Crippen molar-refractivity contribution in [2.75, 3.05) is 13.2 Å². The number of benzene rings is 1. The van der Waals surface area contributed by atoms with Gasteiger partial charge in [-0.2, -0.15) is 0 Å². The molecule has 0 aromatic heterocycles. The van der Waals surface area contributed by atoms with E-state index in [1.807, 2.05) is 0 Å². The molecule has 0 aliphatic carbocycles. The van der Waals surface area contributed by atoms with Crippen molar-refractivity contribution in [2.45, 2.75) is 6.29 Å². The third-order valence-corrected chi connectivity index (χ3v) is 2.19. The maximum Gasteiger partial charge on any atom is 0.189 e. The van der Waals surface area contributed by atoms with Gasteiger partial charge in [-0.3, -0.25) is 0 Å². The molecule has 0 spiro atoms. The molecule has 4 heteroatoms. The van der Waals surface area contributed by atoms with Gasteiger partial charge < -0.3 is 9.47 Å². The summed E-state index contributed by atoms with van der Waals surface area (Å²) in [5.74, 6) is -1.34. The molecule has 1 aromatic carbocycles. The zero-order valence-electron chi connectivity index (χ0n) is 8.00. The van der Waals surface area contributed by atoms with E-state index in [0.29, 0.717) is 18.8 Å². The highest BCUT2D eigenvalue weighted by atomic mass is 19.1. The highest BCUT2D eigenvalue weighted by molar-refractivity contribution is 5.48. The second kappa shape index (κ2) is 4.08. The first-order valence-electron chi connectivity index (χ1n) is 4.57. The van der Waals surface area contributed by atoms with Gasteiger partial charge >= 0.3 is 0 Å². The summed E-state index contributed by atoms with van der Waals surface area (Å²) in [6.45, 7) is 4.15. The van der Waals surface area contributed by atoms with E-state index >= 15 is 0 Å². The molecule has 0 amide bonds. The van der Waals surface area contributed by atoms with Crippen LogP contribution in [-0.4, -0.2) is 13.2 Å². The van der Waals surface area contributed by atoms with Crippen LogP contribution in [0.2, 0.25) is 0 Å². The summed E-state index contributed by atoms with van der Waals surface area (Å²) in [4.78, 5) is 0. The van der Waals surface area contributed by atoms with Crippen LogP contribution in [0.1, 0.15) is 17.4 Å². The van der Waals surface area contributed by atoms with Crippen LogP contribution in [0.3, 0.4) is 0 Å². The second-order valence-electron chi connectivity index (χ2n) is 3.18. The number of hydrogen-bond acceptors (Lipinski definition) is 2. The van der Waals surface area contributed by atoms with Gasteiger partial charge in [-0.25, -0.2) is 8.78 Å². The monoisotopic (exact) mass is 212 g/mol. The molecule has 0 bridgehead atoms. The highest BCUT2D eigenvalue weighted by Crippen LogP contribution is 2.29. The van der Waals surface area contributed by atoms with Crippen molar-refractivity contribution in [1.29, 1.82) is 0 Å². The molecule has 1 aromatic rings. The quantitative estimate of drug-likeness (QED) is 0.750. The highest BCUT2D eigenvalue weighted by Gasteiger charge is 2.25. The molecule has 1 saturated heterocycles. The Morgan fingerprint density at radius 2 is 1.73 bits per heavy atom. The van der Waals surface area contributed by atoms with E-state index in [1.165, 1.54) is 18.2 Å². The second-order valence-corrected chi connectivity index (χ2v) is 3.18. The molecule has 0 saturated carbocycles. The first kappa shape index (κ1) is 10.3. The lowest BCUT2D eigenvalue weighted by Gasteiger charge is -2.11. The van der Waals surface area contributed by atoms with Crippen molar-refractivity contribution in [1.82, 2.24) is 0 Å². The molecule has 0 atom stereocenters. The Bertz CT molecular complexity index is 361. The third-order valence-electron chi connectivity index (χ3n) is 2.19. The lowest BCUT2D eigenvalue weighted by Crippen LogP contribution is -2.05. The van der Waals surface area contributed by atoms with Crippen LogP contribution in [0.25, 0.3) is 6.08 Å². The largest absolute Gasteiger partial charge is 0.346 e. The Morgan fingerprint density at radius 3 is 2.20 bits per heavy atom. The summed E-state index contributed by atoms with van der Waals surface area (Å²) in [5, 5.41) is 0. The maximum absolute atomic E-state index is 13.5. The lowest BCUT2D eigenvalue weighted by atomic mass is 10.1. The molecular formula is C11H10F2O2. The minimum Gasteiger partial charge on any atom is -0.346 e. The van der Waals surface area contributed by atoms with Crippen molar-refractivity contribution < 1.29 is 18.3 Å². The predicted molar refractivity (Wildman–Crippen MR) is 51.1 cm³/mol. The lowest BCUT2D eigenvalue weighted by molar-refractivity contribution is -0.0489. The fourth-order valence-electron chi connectivity index (χ4n) is 1.47. The average Bonchev–Trinajstić information content (AvgIpc) is 2.69. The minimum atomic E-state index is -0.927. The molecule has 1 fully saturated rings. The fourth-order valence-corrected chi connectivity index (χ4v) is 1.47. The van der Waals surface area contributed by atoms with Crippen LogP contribution in [0, 0.1) is 11.6 Å². The predicted octanol–water partition coefficient (Wildman–Crippen LogP) is 2.65. The SMILES string of the molecule is C=Cc1cc(F)c(C2OCCO2)c(F)c1. The van der Waals surface area contributed by atoms with Gasteiger partial charge in [0.25, 0.3) is 0 Å². The van der Waals surface area contributed by atoms with E-state index in [-0.39, 0.29) is 5.56 Å². The van der Waals surface area contributed by atoms with Crippen LogP contribution in [0.15, 0.2) is 18.7 Å². The normalized spacial score (nSPS) is 16.9. The Labute approximate surface area is 86.1 Å². The summed E-state index contributed by atoms with van der Waals surface area (Å²) < 4.78 is 37.1. The van der Waals surface area contributed by atoms with Crippen LogP contribution >= 0.6 is 0 Å². The van der Waals surface area contributed by atoms with Gasteiger partial charge in [0, 0.05) is 0 Å². The Morgan fingerprint density at radius 1 is 1.20 bits per heavy atom. The Hall–Kier alpha value is -1.26. The van der Waals surface area contributed by atoms with E-state index in [9.17, 15) is 8.78 Å². The molecule has 2 nitrogen and oxygen atoms in total. The van der Waals surface area contributed by atoms with Gasteiger partial charge in [0.05, 0.1) is 18.8 Å². The van der Waals surface area contributed by atoms with Crippen LogP contribution < -0.4 is 0 Å². The smallest absolute Gasteiger partial charge is 0.189 e. The van der Waals surface area contributed by atoms with E-state index in [2.05, 4.69) is 6.58 Å². The third kappa shape index (κ3) is 1.91. The van der Waals surface area contributed by atoms with E-state index in [0.717, 1.165) is 0 Å². The molecule has 0 unspecified atom stereocenters. The first-order valence-corrected chi connectivity index (χ1v) is 4.57. The first-order chi connectivity index (χ1) is 7.22. The van der Waals surface area contributed by atoms with Crippen molar-refractivity contribution >= 4 is 6.08 Å². The van der Waals surface area contributed by atoms with E-state index in [1.54, 1.807) is 0 Å². The van der Waals surface area contributed by atoms with Crippen molar-refractivity contribution in [2.24, 2.45) is 0 Å². The van der Waals surface area contributed by atoms with Gasteiger partial charge in [-0.15, -0.1) is 0 Å². The summed E-state index contributed by atoms with van der Waals surface area (Å²) >= 11 is 0. The summed E-state index contributed by atoms with van der Waals surface area (Å²) in [6, 6.07) is 2.41. The maximum atomic E-state index is 13.5. The summed E-state index contributed by atoms with van der Waals surface area (Å²) in [6.07, 6.45) is 0.454. The number of ether oxygens (including phenoxy) is 2. The standard InChI is InChI=1S/C11H10F2O2/c1-2-7-5-8(12)10(9(13)6-7)11-14-3-4-15-11/h2,5-6,11H,1,3-4H2. The van der Waals surface area contributed by atoms with Crippen LogP contribution in [0.4, 0.5) is 8.78 Å². The molecule has 0 N–H and O–H groups in total. The molecule has 15 heavy (non-hydrogen) atoms. The summed E-state index contributed by atoms with van der Waals surface area (Å²) in [5.41, 5.74) is 0.227. The molecule has 80 valence electrons. The van der Waals surface area contributed by atoms with Crippen molar-refractivity contribution in [3.63, 3.8) is 0 Å². The molecule has 1 heterocycles. The fraction of sp³-hybridized carbons (Fsp3) is 0.273. The Kier molecular flexibility index (Phi) is 2.79. The Balaban J connectivity index is 2.42. The molecule has 1 aliphatic rings. The van der Waals surface area contributed by atoms with Gasteiger partial charge in [0.2, 0.25) is 0 Å². The summed E-state index contributed by atoms with van der Waals surface area (Å²) in [7, 11) is 0. The van der Waals surface area contributed by atoms with Crippen LogP contribution in [-0.2, 0) is 9.47 Å². The van der Waals surface area contributed by atoms with Gasteiger partial charge in [-0.05, 0) is 17.7 Å². The minimum absolute atomic E-state index is 0.168. The van der Waals surface area contributed by atoms with Crippen molar-refractivity contribution in [3.8, 4) is 0 Å². The number of hydrogen-bond donors (Lipinski definition) is 0. The van der Waals surface area contributed by atoms with Gasteiger partial charge in [0.15, 0.2) is 6.29 Å². The molecule has 1 aliphatic heterocycles. The van der Waals surface area contributed by atoms with E-state index in [4.69, 9.17) is 9.47 Å². The molecule has 2 rings (SSSR count). The zero-order valence-corrected chi connectivity index (χ0v) is 8.00. The average molecular weight is 212 g/mol. The van der Waals surface area contributed by atoms with Gasteiger partial charge in [-0.1, -0.05) is 12.7 Å². The molecular weight excluding hydrogens is 202 g/mol. The van der Waals surface area contributed by atoms with E-state index < -0.39 is 17.9 Å². The van der Waals surface area contributed by atoms with Gasteiger partial charge in [0.1, 0.15) is 11.6 Å². The zero-order chi connectivity index (χ0) is 10.8. The molecule has 0 radical (unpaired) electrons. The van der Waals surface area contributed by atoms with Crippen LogP contribution in [0.5, 0.6) is 0 Å². The number of rotatable bonds is 2. The number of halogens is 2. The topological polar surface area (TPSA) is 18.5 Å².